The van der Waals surface area contributed by atoms with Crippen LogP contribution in [-0.4, -0.2) is 60.4 Å². The summed E-state index contributed by atoms with van der Waals surface area (Å²) in [5, 5.41) is 8.64. The van der Waals surface area contributed by atoms with Crippen molar-refractivity contribution in [3.8, 4) is 0 Å². The van der Waals surface area contributed by atoms with Crippen molar-refractivity contribution in [1.82, 2.24) is 20.9 Å². The highest BCUT2D eigenvalue weighted by Crippen LogP contribution is 2.42. The number of fused-ring (bicyclic) bond motifs is 1. The molecule has 0 saturated heterocycles. The molecule has 182 valence electrons. The summed E-state index contributed by atoms with van der Waals surface area (Å²) in [6, 6.07) is 6.89. The number of aromatic amines is 1. The zero-order chi connectivity index (χ0) is 24.3. The third-order valence-corrected chi connectivity index (χ3v) is 6.10. The number of H-pyrrole nitrogens is 1. The molecule has 5 N–H and O–H groups in total. The van der Waals surface area contributed by atoms with Crippen LogP contribution in [0.1, 0.15) is 25.8 Å². The number of phosphoric acid groups is 1. The maximum atomic E-state index is 12.7. The van der Waals surface area contributed by atoms with E-state index >= 15 is 0 Å². The van der Waals surface area contributed by atoms with E-state index in [2.05, 4.69) is 25.5 Å². The van der Waals surface area contributed by atoms with Crippen molar-refractivity contribution in [3.05, 3.63) is 36.0 Å². The highest BCUT2D eigenvalue weighted by atomic mass is 31.2. The lowest BCUT2D eigenvalue weighted by atomic mass is 9.98. The van der Waals surface area contributed by atoms with Crippen LogP contribution in [0.5, 0.6) is 0 Å². The smallest absolute Gasteiger partial charge is 0.361 e. The number of phosphoric ester groups is 1. The predicted molar refractivity (Wildman–Crippen MR) is 122 cm³/mol. The average molecular weight is 482 g/mol. The topological polar surface area (TPSA) is 159 Å². The Balaban J connectivity index is 1.84. The minimum absolute atomic E-state index is 0.0510. The average Bonchev–Trinajstić information content (AvgIpc) is 3.20. The van der Waals surface area contributed by atoms with Crippen LogP contribution in [-0.2, 0) is 34.4 Å². The molecular weight excluding hydrogens is 451 g/mol. The quantitative estimate of drug-likeness (QED) is 0.145. The summed E-state index contributed by atoms with van der Waals surface area (Å²) < 4.78 is 21.2. The molecule has 0 aliphatic rings. The Morgan fingerprint density at radius 3 is 2.61 bits per heavy atom. The van der Waals surface area contributed by atoms with Gasteiger partial charge in [0.2, 0.25) is 18.2 Å². The van der Waals surface area contributed by atoms with Crippen molar-refractivity contribution < 1.29 is 32.9 Å². The number of carbonyl (C=O) groups excluding carboxylic acids is 3. The highest BCUT2D eigenvalue weighted by Gasteiger charge is 2.26. The monoisotopic (exact) mass is 482 g/mol. The maximum Gasteiger partial charge on any atom is 0.472 e. The SMILES string of the molecule is CC[C@H](C)[C@H](NC(=O)Cc1c[nH]c2ccccc12)C(=O)NCCOP(=O)(O)OCCNC=O. The van der Waals surface area contributed by atoms with Gasteiger partial charge in [0.15, 0.2) is 0 Å². The van der Waals surface area contributed by atoms with E-state index in [0.29, 0.717) is 12.8 Å². The number of rotatable bonds is 15. The third kappa shape index (κ3) is 8.62. The lowest BCUT2D eigenvalue weighted by Crippen LogP contribution is -2.51. The van der Waals surface area contributed by atoms with Crippen LogP contribution < -0.4 is 16.0 Å². The second kappa shape index (κ2) is 13.1. The van der Waals surface area contributed by atoms with Gasteiger partial charge in [-0.1, -0.05) is 38.5 Å². The van der Waals surface area contributed by atoms with Crippen LogP contribution in [0.3, 0.4) is 0 Å². The van der Waals surface area contributed by atoms with Gasteiger partial charge < -0.3 is 25.8 Å². The van der Waals surface area contributed by atoms with Gasteiger partial charge in [-0.15, -0.1) is 0 Å². The van der Waals surface area contributed by atoms with Gasteiger partial charge in [0.25, 0.3) is 0 Å². The first kappa shape index (κ1) is 26.5. The molecule has 3 atom stereocenters. The van der Waals surface area contributed by atoms with Gasteiger partial charge in [-0.25, -0.2) is 4.57 Å². The number of amides is 3. The van der Waals surface area contributed by atoms with Gasteiger partial charge in [0, 0.05) is 30.2 Å². The summed E-state index contributed by atoms with van der Waals surface area (Å²) in [6.07, 6.45) is 3.01. The van der Waals surface area contributed by atoms with Gasteiger partial charge in [-0.05, 0) is 17.5 Å². The molecule has 1 aromatic carbocycles. The minimum atomic E-state index is -4.30. The Morgan fingerprint density at radius 1 is 1.21 bits per heavy atom. The number of nitrogens with one attached hydrogen (secondary N) is 4. The summed E-state index contributed by atoms with van der Waals surface area (Å²) in [6.45, 7) is 3.32. The number of carbonyl (C=O) groups is 3. The summed E-state index contributed by atoms with van der Waals surface area (Å²) in [5.41, 5.74) is 1.77. The molecule has 11 nitrogen and oxygen atoms in total. The molecule has 1 aromatic heterocycles. The van der Waals surface area contributed by atoms with Crippen molar-refractivity contribution in [2.45, 2.75) is 32.7 Å². The fourth-order valence-electron chi connectivity index (χ4n) is 3.14. The molecule has 2 rings (SSSR count). The minimum Gasteiger partial charge on any atom is -0.361 e. The third-order valence-electron chi connectivity index (χ3n) is 5.08. The number of hydrogen-bond acceptors (Lipinski definition) is 6. The molecule has 0 spiro atoms. The Labute approximate surface area is 192 Å². The molecule has 0 fully saturated rings. The molecule has 0 aliphatic carbocycles. The van der Waals surface area contributed by atoms with Crippen LogP contribution in [0, 0.1) is 5.92 Å². The second-order valence-electron chi connectivity index (χ2n) is 7.46. The van der Waals surface area contributed by atoms with Gasteiger partial charge >= 0.3 is 7.82 Å². The van der Waals surface area contributed by atoms with E-state index < -0.39 is 19.8 Å². The van der Waals surface area contributed by atoms with Crippen LogP contribution >= 0.6 is 7.82 Å². The van der Waals surface area contributed by atoms with E-state index in [9.17, 15) is 23.8 Å². The van der Waals surface area contributed by atoms with Crippen molar-refractivity contribution >= 4 is 37.0 Å². The van der Waals surface area contributed by atoms with E-state index in [0.717, 1.165) is 16.5 Å². The van der Waals surface area contributed by atoms with Crippen molar-refractivity contribution in [1.29, 1.82) is 0 Å². The zero-order valence-corrected chi connectivity index (χ0v) is 19.6. The summed E-state index contributed by atoms with van der Waals surface area (Å²) in [4.78, 5) is 48.1. The first-order valence-corrected chi connectivity index (χ1v) is 12.2. The summed E-state index contributed by atoms with van der Waals surface area (Å²) in [5.74, 6) is -0.826. The standard InChI is InChI=1S/C21H31N4O7P/c1-3-15(2)20(21(28)23-9-11-32-33(29,30)31-10-8-22-14-26)25-19(27)12-16-13-24-18-7-5-4-6-17(16)18/h4-7,13-15,20,24H,3,8-12H2,1-2H3,(H,22,26)(H,23,28)(H,25,27)(H,29,30)/t15-,20-/m0/s1. The van der Waals surface area contributed by atoms with Crippen molar-refractivity contribution in [2.24, 2.45) is 5.92 Å². The van der Waals surface area contributed by atoms with E-state index in [1.807, 2.05) is 38.1 Å². The van der Waals surface area contributed by atoms with E-state index in [-0.39, 0.29) is 44.5 Å². The normalized spacial score (nSPS) is 14.8. The predicted octanol–water partition coefficient (Wildman–Crippen LogP) is 1.24. The summed E-state index contributed by atoms with van der Waals surface area (Å²) in [7, 11) is -4.30. The molecule has 1 heterocycles. The van der Waals surface area contributed by atoms with E-state index in [1.165, 1.54) is 0 Å². The van der Waals surface area contributed by atoms with Crippen LogP contribution in [0.4, 0.5) is 0 Å². The van der Waals surface area contributed by atoms with Crippen LogP contribution in [0.2, 0.25) is 0 Å². The largest absolute Gasteiger partial charge is 0.472 e. The van der Waals surface area contributed by atoms with Gasteiger partial charge in [-0.2, -0.15) is 0 Å². The van der Waals surface area contributed by atoms with E-state index in [4.69, 9.17) is 4.52 Å². The Kier molecular flexibility index (Phi) is 10.5. The molecule has 0 saturated carbocycles. The molecule has 2 aromatic rings. The number of aromatic nitrogens is 1. The fourth-order valence-corrected chi connectivity index (χ4v) is 3.86. The zero-order valence-electron chi connectivity index (χ0n) is 18.7. The van der Waals surface area contributed by atoms with Gasteiger partial charge in [-0.3, -0.25) is 23.4 Å². The molecule has 33 heavy (non-hydrogen) atoms. The highest BCUT2D eigenvalue weighted by molar-refractivity contribution is 7.47. The Bertz CT molecular complexity index is 980. The first-order valence-electron chi connectivity index (χ1n) is 10.7. The van der Waals surface area contributed by atoms with Gasteiger partial charge in [0.05, 0.1) is 19.6 Å². The molecule has 0 aliphatic heterocycles. The van der Waals surface area contributed by atoms with Crippen molar-refractivity contribution in [3.63, 3.8) is 0 Å². The number of para-hydroxylation sites is 1. The van der Waals surface area contributed by atoms with Crippen molar-refractivity contribution in [2.75, 3.05) is 26.3 Å². The Morgan fingerprint density at radius 2 is 1.91 bits per heavy atom. The number of benzene rings is 1. The van der Waals surface area contributed by atoms with Crippen LogP contribution in [0.15, 0.2) is 30.5 Å². The molecule has 0 radical (unpaired) electrons. The molecule has 1 unspecified atom stereocenters. The fraction of sp³-hybridized carbons (Fsp3) is 0.476. The summed E-state index contributed by atoms with van der Waals surface area (Å²) >= 11 is 0. The molecule has 0 bridgehead atoms. The number of hydrogen-bond donors (Lipinski definition) is 5. The Hall–Kier alpha value is -2.72. The first-order chi connectivity index (χ1) is 15.8. The van der Waals surface area contributed by atoms with Gasteiger partial charge in [0.1, 0.15) is 6.04 Å². The van der Waals surface area contributed by atoms with Crippen LogP contribution in [0.25, 0.3) is 10.9 Å². The van der Waals surface area contributed by atoms with E-state index in [1.54, 1.807) is 6.20 Å². The molecule has 12 heteroatoms. The lowest BCUT2D eigenvalue weighted by molar-refractivity contribution is -0.130. The molecular formula is C21H31N4O7P. The maximum absolute atomic E-state index is 12.7. The molecule has 3 amide bonds. The lowest BCUT2D eigenvalue weighted by Gasteiger charge is -2.23. The second-order valence-corrected chi connectivity index (χ2v) is 8.92.